The molecule has 6 heteroatoms. The van der Waals surface area contributed by atoms with Crippen molar-refractivity contribution in [2.45, 2.75) is 386 Å². The van der Waals surface area contributed by atoms with E-state index in [-0.39, 0.29) is 18.5 Å². The van der Waals surface area contributed by atoms with Crippen LogP contribution >= 0.6 is 0 Å². The van der Waals surface area contributed by atoms with Gasteiger partial charge in [0, 0.05) is 12.8 Å². The van der Waals surface area contributed by atoms with Crippen molar-refractivity contribution < 1.29 is 24.5 Å². The van der Waals surface area contributed by atoms with E-state index < -0.39 is 12.1 Å². The summed E-state index contributed by atoms with van der Waals surface area (Å²) in [5.74, 6) is -0.0166. The first-order valence-electron chi connectivity index (χ1n) is 33.6. The van der Waals surface area contributed by atoms with Crippen molar-refractivity contribution in [3.05, 3.63) is 24.3 Å². The van der Waals surface area contributed by atoms with Gasteiger partial charge in [-0.1, -0.05) is 327 Å². The lowest BCUT2D eigenvalue weighted by Gasteiger charge is -2.22. The molecule has 2 atom stereocenters. The predicted molar refractivity (Wildman–Crippen MR) is 324 cm³/mol. The molecule has 0 aliphatic heterocycles. The van der Waals surface area contributed by atoms with Gasteiger partial charge < -0.3 is 20.3 Å². The summed E-state index contributed by atoms with van der Waals surface area (Å²) in [5, 5.41) is 23.2. The molecule has 0 bridgehead atoms. The second-order valence-corrected chi connectivity index (χ2v) is 23.2. The van der Waals surface area contributed by atoms with Gasteiger partial charge in [0.15, 0.2) is 0 Å². The summed E-state index contributed by atoms with van der Waals surface area (Å²) in [6.07, 6.45) is 79.4. The molecule has 438 valence electrons. The SMILES string of the molecule is CCCCCCCCCCCCCCC(=O)OCCCCCCCCCCC/C=C\C/C=C\CCCCCCCCCCCCCCCCCCCC(=O)NC(CO)C(O)CCCCCCCCCCCCCC. The number of allylic oxidation sites excluding steroid dienone is 4. The van der Waals surface area contributed by atoms with Crippen molar-refractivity contribution in [3.63, 3.8) is 0 Å². The number of amides is 1. The maximum Gasteiger partial charge on any atom is 0.305 e. The molecule has 3 N–H and O–H groups in total. The number of ether oxygens (including phenoxy) is 1. The highest BCUT2D eigenvalue weighted by molar-refractivity contribution is 5.76. The highest BCUT2D eigenvalue weighted by atomic mass is 16.5. The molecule has 6 nitrogen and oxygen atoms in total. The van der Waals surface area contributed by atoms with Crippen LogP contribution in [0.2, 0.25) is 0 Å². The lowest BCUT2D eigenvalue weighted by Crippen LogP contribution is -2.45. The minimum Gasteiger partial charge on any atom is -0.466 e. The third-order valence-corrected chi connectivity index (χ3v) is 15.8. The van der Waals surface area contributed by atoms with Gasteiger partial charge in [-0.2, -0.15) is 0 Å². The molecule has 0 aromatic rings. The third-order valence-electron chi connectivity index (χ3n) is 15.8. The quantitative estimate of drug-likeness (QED) is 0.0320. The minimum atomic E-state index is -0.661. The van der Waals surface area contributed by atoms with Gasteiger partial charge in [-0.05, 0) is 57.8 Å². The highest BCUT2D eigenvalue weighted by Gasteiger charge is 2.20. The van der Waals surface area contributed by atoms with Crippen molar-refractivity contribution in [3.8, 4) is 0 Å². The van der Waals surface area contributed by atoms with E-state index in [1.165, 1.54) is 295 Å². The van der Waals surface area contributed by atoms with E-state index in [1.54, 1.807) is 0 Å². The zero-order valence-corrected chi connectivity index (χ0v) is 50.1. The Morgan fingerprint density at radius 3 is 1.03 bits per heavy atom. The van der Waals surface area contributed by atoms with Crippen molar-refractivity contribution >= 4 is 11.9 Å². The van der Waals surface area contributed by atoms with Crippen molar-refractivity contribution in [1.29, 1.82) is 0 Å². The van der Waals surface area contributed by atoms with E-state index in [2.05, 4.69) is 43.5 Å². The molecule has 0 aromatic heterocycles. The molecule has 0 aliphatic rings. The molecule has 0 saturated heterocycles. The van der Waals surface area contributed by atoms with Crippen LogP contribution in [0.15, 0.2) is 24.3 Å². The number of esters is 1. The van der Waals surface area contributed by atoms with Gasteiger partial charge in [0.25, 0.3) is 0 Å². The largest absolute Gasteiger partial charge is 0.466 e. The zero-order chi connectivity index (χ0) is 53.6. The second-order valence-electron chi connectivity index (χ2n) is 23.2. The Kier molecular flexibility index (Phi) is 62.4. The number of rotatable bonds is 63. The van der Waals surface area contributed by atoms with Crippen molar-refractivity contribution in [2.75, 3.05) is 13.2 Å². The van der Waals surface area contributed by atoms with Crippen LogP contribution in [0.1, 0.15) is 373 Å². The fraction of sp³-hybridized carbons (Fsp3) is 0.912. The summed E-state index contributed by atoms with van der Waals surface area (Å²) in [6, 6.07) is -0.538. The van der Waals surface area contributed by atoms with Crippen LogP contribution in [0.3, 0.4) is 0 Å². The Morgan fingerprint density at radius 1 is 0.378 bits per heavy atom. The van der Waals surface area contributed by atoms with Gasteiger partial charge in [0.1, 0.15) is 0 Å². The summed E-state index contributed by atoms with van der Waals surface area (Å²) in [5.41, 5.74) is 0. The summed E-state index contributed by atoms with van der Waals surface area (Å²) < 4.78 is 5.48. The van der Waals surface area contributed by atoms with E-state index in [4.69, 9.17) is 4.74 Å². The molecule has 74 heavy (non-hydrogen) atoms. The van der Waals surface area contributed by atoms with Crippen LogP contribution in [-0.2, 0) is 14.3 Å². The molecule has 0 heterocycles. The van der Waals surface area contributed by atoms with Gasteiger partial charge in [-0.3, -0.25) is 9.59 Å². The lowest BCUT2D eigenvalue weighted by atomic mass is 10.0. The second kappa shape index (κ2) is 63.9. The highest BCUT2D eigenvalue weighted by Crippen LogP contribution is 2.18. The summed E-state index contributed by atoms with van der Waals surface area (Å²) in [7, 11) is 0. The number of carbonyl (C=O) groups excluding carboxylic acids is 2. The molecule has 0 saturated carbocycles. The Bertz CT molecular complexity index is 1150. The van der Waals surface area contributed by atoms with Crippen molar-refractivity contribution in [2.24, 2.45) is 0 Å². The van der Waals surface area contributed by atoms with E-state index in [0.29, 0.717) is 25.9 Å². The third kappa shape index (κ3) is 59.6. The average Bonchev–Trinajstić information content (AvgIpc) is 3.40. The smallest absolute Gasteiger partial charge is 0.305 e. The van der Waals surface area contributed by atoms with E-state index in [0.717, 1.165) is 44.9 Å². The number of unbranched alkanes of at least 4 members (excludes halogenated alkanes) is 48. The number of hydrogen-bond donors (Lipinski definition) is 3. The van der Waals surface area contributed by atoms with Crippen LogP contribution in [0.4, 0.5) is 0 Å². The maximum atomic E-state index is 12.5. The van der Waals surface area contributed by atoms with Crippen LogP contribution in [0.5, 0.6) is 0 Å². The van der Waals surface area contributed by atoms with Crippen LogP contribution < -0.4 is 5.32 Å². The number of carbonyl (C=O) groups is 2. The molecule has 0 aromatic carbocycles. The minimum absolute atomic E-state index is 0.0152. The number of aliphatic hydroxyl groups excluding tert-OH is 2. The summed E-state index contributed by atoms with van der Waals surface area (Å²) in [4.78, 5) is 24.5. The molecule has 0 spiro atoms. The Hall–Kier alpha value is -1.66. The van der Waals surface area contributed by atoms with Crippen LogP contribution in [-0.4, -0.2) is 47.4 Å². The molecule has 0 aliphatic carbocycles. The number of hydrogen-bond acceptors (Lipinski definition) is 5. The number of aliphatic hydroxyl groups is 2. The lowest BCUT2D eigenvalue weighted by molar-refractivity contribution is -0.143. The monoisotopic (exact) mass is 1040 g/mol. The van der Waals surface area contributed by atoms with Crippen LogP contribution in [0, 0.1) is 0 Å². The Labute approximate surface area is 462 Å². The molecule has 0 fully saturated rings. The van der Waals surface area contributed by atoms with Gasteiger partial charge in [-0.25, -0.2) is 0 Å². The fourth-order valence-electron chi connectivity index (χ4n) is 10.6. The van der Waals surface area contributed by atoms with E-state index in [1.807, 2.05) is 0 Å². The molecule has 0 radical (unpaired) electrons. The van der Waals surface area contributed by atoms with Crippen LogP contribution in [0.25, 0.3) is 0 Å². The topological polar surface area (TPSA) is 95.9 Å². The Balaban J connectivity index is 3.36. The van der Waals surface area contributed by atoms with E-state index >= 15 is 0 Å². The van der Waals surface area contributed by atoms with Gasteiger partial charge in [-0.15, -0.1) is 0 Å². The molecular weight excluding hydrogens is 911 g/mol. The predicted octanol–water partition coefficient (Wildman–Crippen LogP) is 21.4. The van der Waals surface area contributed by atoms with Crippen molar-refractivity contribution in [1.82, 2.24) is 5.32 Å². The number of nitrogens with one attached hydrogen (secondary N) is 1. The standard InChI is InChI=1S/C68H131NO5/c1-3-5-7-9-11-13-15-40-44-48-52-56-60-66(71)65(64-70)69-67(72)61-57-53-49-45-41-38-36-34-32-30-28-26-24-22-20-18-17-19-21-23-25-27-29-31-33-35-37-39-43-47-51-55-59-63-74-68(73)62-58-54-50-46-42-16-14-12-10-8-6-4-2/h21,23,27,29,65-66,70-71H,3-20,22,24-26,28,30-64H2,1-2H3,(H,69,72)/b23-21-,29-27-. The van der Waals surface area contributed by atoms with Gasteiger partial charge in [0.2, 0.25) is 5.91 Å². The normalized spacial score (nSPS) is 12.6. The first kappa shape index (κ1) is 72.3. The van der Waals surface area contributed by atoms with Gasteiger partial charge in [0.05, 0.1) is 25.4 Å². The summed E-state index contributed by atoms with van der Waals surface area (Å²) >= 11 is 0. The fourth-order valence-corrected chi connectivity index (χ4v) is 10.6. The van der Waals surface area contributed by atoms with E-state index in [9.17, 15) is 19.8 Å². The maximum absolute atomic E-state index is 12.5. The average molecular weight is 1040 g/mol. The molecule has 1 amide bonds. The Morgan fingerprint density at radius 2 is 0.676 bits per heavy atom. The first-order chi connectivity index (χ1) is 36.5. The molecular formula is C68H131NO5. The molecule has 2 unspecified atom stereocenters. The zero-order valence-electron chi connectivity index (χ0n) is 50.1. The summed E-state index contributed by atoms with van der Waals surface area (Å²) in [6.45, 7) is 4.97. The molecule has 0 rings (SSSR count). The van der Waals surface area contributed by atoms with Gasteiger partial charge >= 0.3 is 5.97 Å². The first-order valence-corrected chi connectivity index (χ1v) is 33.6.